The zero-order chi connectivity index (χ0) is 13.4. The van der Waals surface area contributed by atoms with Gasteiger partial charge in [-0.25, -0.2) is 9.97 Å². The Kier molecular flexibility index (Phi) is 3.02. The Morgan fingerprint density at radius 2 is 2.11 bits per heavy atom. The van der Waals surface area contributed by atoms with Crippen LogP contribution in [0.4, 0.5) is 0 Å². The molecule has 1 N–H and O–H groups in total. The first-order valence-electron chi connectivity index (χ1n) is 5.89. The number of fused-ring (bicyclic) bond motifs is 1. The third-order valence-corrected chi connectivity index (χ3v) is 3.69. The van der Waals surface area contributed by atoms with E-state index < -0.39 is 5.92 Å². The fraction of sp³-hybridized carbons (Fsp3) is 0.231. The van der Waals surface area contributed by atoms with Crippen LogP contribution in [0.3, 0.4) is 0 Å². The predicted molar refractivity (Wildman–Crippen MR) is 72.4 cm³/mol. The van der Waals surface area contributed by atoms with Gasteiger partial charge in [0.1, 0.15) is 6.33 Å². The summed E-state index contributed by atoms with van der Waals surface area (Å²) in [6.07, 6.45) is 2.29. The molecule has 1 saturated heterocycles. The standard InChI is InChI=1S/C13H10BrN3O2/c14-7-1-3-10-9(5-7)12(16-6-15-10)8-2-4-11(18)17-13(8)19/h1,3,5-6,8H,2,4H2,(H,17,18,19). The molecule has 1 atom stereocenters. The minimum absolute atomic E-state index is 0.221. The smallest absolute Gasteiger partial charge is 0.235 e. The number of hydrogen-bond donors (Lipinski definition) is 1. The highest BCUT2D eigenvalue weighted by molar-refractivity contribution is 9.10. The first kappa shape index (κ1) is 12.2. The number of rotatable bonds is 1. The number of aromatic nitrogens is 2. The Bertz CT molecular complexity index is 687. The molecule has 0 radical (unpaired) electrons. The molecule has 2 aromatic rings. The molecule has 6 heteroatoms. The molecule has 1 unspecified atom stereocenters. The van der Waals surface area contributed by atoms with Gasteiger partial charge in [-0.1, -0.05) is 15.9 Å². The van der Waals surface area contributed by atoms with E-state index in [4.69, 9.17) is 0 Å². The van der Waals surface area contributed by atoms with E-state index in [1.165, 1.54) is 6.33 Å². The van der Waals surface area contributed by atoms with Crippen LogP contribution in [0.2, 0.25) is 0 Å². The van der Waals surface area contributed by atoms with Gasteiger partial charge in [-0.15, -0.1) is 0 Å². The lowest BCUT2D eigenvalue weighted by Gasteiger charge is -2.21. The van der Waals surface area contributed by atoms with Crippen LogP contribution < -0.4 is 5.32 Å². The number of imide groups is 1. The molecule has 1 fully saturated rings. The summed E-state index contributed by atoms with van der Waals surface area (Å²) in [6, 6.07) is 5.66. The zero-order valence-corrected chi connectivity index (χ0v) is 11.5. The second kappa shape index (κ2) is 4.70. The highest BCUT2D eigenvalue weighted by atomic mass is 79.9. The Morgan fingerprint density at radius 3 is 2.89 bits per heavy atom. The molecule has 0 aliphatic carbocycles. The third kappa shape index (κ3) is 2.23. The van der Waals surface area contributed by atoms with E-state index in [2.05, 4.69) is 31.2 Å². The summed E-state index contributed by atoms with van der Waals surface area (Å²) in [5, 5.41) is 3.20. The monoisotopic (exact) mass is 319 g/mol. The summed E-state index contributed by atoms with van der Waals surface area (Å²) < 4.78 is 0.906. The maximum absolute atomic E-state index is 11.9. The van der Waals surface area contributed by atoms with E-state index in [-0.39, 0.29) is 11.8 Å². The summed E-state index contributed by atoms with van der Waals surface area (Å²) in [5.74, 6) is -0.894. The number of nitrogens with zero attached hydrogens (tertiary/aromatic N) is 2. The van der Waals surface area contributed by atoms with Gasteiger partial charge in [0.25, 0.3) is 0 Å². The van der Waals surface area contributed by atoms with Crippen molar-refractivity contribution in [2.24, 2.45) is 0 Å². The second-order valence-corrected chi connectivity index (χ2v) is 5.34. The fourth-order valence-corrected chi connectivity index (χ4v) is 2.64. The average Bonchev–Trinajstić information content (AvgIpc) is 2.38. The second-order valence-electron chi connectivity index (χ2n) is 4.42. The van der Waals surface area contributed by atoms with Crippen molar-refractivity contribution in [1.29, 1.82) is 0 Å². The van der Waals surface area contributed by atoms with Crippen molar-refractivity contribution in [3.05, 3.63) is 34.7 Å². The maximum atomic E-state index is 11.9. The van der Waals surface area contributed by atoms with E-state index in [1.54, 1.807) is 0 Å². The van der Waals surface area contributed by atoms with Gasteiger partial charge < -0.3 is 0 Å². The quantitative estimate of drug-likeness (QED) is 0.815. The number of hydrogen-bond acceptors (Lipinski definition) is 4. The highest BCUT2D eigenvalue weighted by Crippen LogP contribution is 2.29. The minimum atomic E-state index is -0.391. The van der Waals surface area contributed by atoms with Gasteiger partial charge >= 0.3 is 0 Å². The topological polar surface area (TPSA) is 72.0 Å². The first-order valence-corrected chi connectivity index (χ1v) is 6.68. The minimum Gasteiger partial charge on any atom is -0.296 e. The van der Waals surface area contributed by atoms with Crippen LogP contribution >= 0.6 is 15.9 Å². The molecular weight excluding hydrogens is 310 g/mol. The van der Waals surface area contributed by atoms with Gasteiger partial charge in [0, 0.05) is 16.3 Å². The largest absolute Gasteiger partial charge is 0.296 e. The molecule has 0 saturated carbocycles. The van der Waals surface area contributed by atoms with Crippen molar-refractivity contribution in [2.45, 2.75) is 18.8 Å². The molecule has 1 aliphatic rings. The van der Waals surface area contributed by atoms with Gasteiger partial charge in [-0.2, -0.15) is 0 Å². The maximum Gasteiger partial charge on any atom is 0.235 e. The van der Waals surface area contributed by atoms with Crippen molar-refractivity contribution in [2.75, 3.05) is 0 Å². The lowest BCUT2D eigenvalue weighted by atomic mass is 9.92. The Labute approximate surface area is 117 Å². The van der Waals surface area contributed by atoms with Crippen molar-refractivity contribution in [3.8, 4) is 0 Å². The van der Waals surface area contributed by atoms with Gasteiger partial charge in [-0.05, 0) is 24.6 Å². The zero-order valence-electron chi connectivity index (χ0n) is 9.89. The number of nitrogens with one attached hydrogen (secondary N) is 1. The Hall–Kier alpha value is -1.82. The SMILES string of the molecule is O=C1CCC(c2ncnc3ccc(Br)cc23)C(=O)N1. The molecule has 0 spiro atoms. The molecular formula is C13H10BrN3O2. The average molecular weight is 320 g/mol. The van der Waals surface area contributed by atoms with Crippen molar-refractivity contribution in [3.63, 3.8) is 0 Å². The van der Waals surface area contributed by atoms with E-state index in [9.17, 15) is 9.59 Å². The summed E-state index contributed by atoms with van der Waals surface area (Å²) in [5.41, 5.74) is 1.47. The molecule has 2 heterocycles. The van der Waals surface area contributed by atoms with Gasteiger partial charge in [0.15, 0.2) is 0 Å². The van der Waals surface area contributed by atoms with Crippen LogP contribution in [-0.4, -0.2) is 21.8 Å². The summed E-state index contributed by atoms with van der Waals surface area (Å²) in [4.78, 5) is 31.6. The van der Waals surface area contributed by atoms with E-state index in [0.29, 0.717) is 18.5 Å². The molecule has 1 aromatic carbocycles. The number of amides is 2. The van der Waals surface area contributed by atoms with E-state index in [1.807, 2.05) is 18.2 Å². The number of carbonyl (C=O) groups excluding carboxylic acids is 2. The Balaban J connectivity index is 2.12. The third-order valence-electron chi connectivity index (χ3n) is 3.20. The lowest BCUT2D eigenvalue weighted by molar-refractivity contribution is -0.134. The predicted octanol–water partition coefficient (Wildman–Crippen LogP) is 1.91. The molecule has 96 valence electrons. The molecule has 3 rings (SSSR count). The van der Waals surface area contributed by atoms with Crippen LogP contribution in [0.5, 0.6) is 0 Å². The van der Waals surface area contributed by atoms with Gasteiger partial charge in [-0.3, -0.25) is 14.9 Å². The molecule has 0 bridgehead atoms. The lowest BCUT2D eigenvalue weighted by Crippen LogP contribution is -2.39. The number of carbonyl (C=O) groups is 2. The normalized spacial score (nSPS) is 19.5. The van der Waals surface area contributed by atoms with E-state index in [0.717, 1.165) is 15.4 Å². The molecule has 2 amide bonds. The van der Waals surface area contributed by atoms with Gasteiger partial charge in [0.05, 0.1) is 17.1 Å². The van der Waals surface area contributed by atoms with Crippen molar-refractivity contribution < 1.29 is 9.59 Å². The first-order chi connectivity index (χ1) is 9.15. The summed E-state index contributed by atoms with van der Waals surface area (Å²) in [7, 11) is 0. The Morgan fingerprint density at radius 1 is 1.26 bits per heavy atom. The van der Waals surface area contributed by atoms with E-state index >= 15 is 0 Å². The molecule has 5 nitrogen and oxygen atoms in total. The number of piperidine rings is 1. The summed E-state index contributed by atoms with van der Waals surface area (Å²) >= 11 is 3.41. The van der Waals surface area contributed by atoms with Gasteiger partial charge in [0.2, 0.25) is 11.8 Å². The number of benzene rings is 1. The molecule has 19 heavy (non-hydrogen) atoms. The van der Waals surface area contributed by atoms with Crippen LogP contribution in [0.15, 0.2) is 29.0 Å². The van der Waals surface area contributed by atoms with Crippen LogP contribution in [0, 0.1) is 0 Å². The van der Waals surface area contributed by atoms with Crippen LogP contribution in [-0.2, 0) is 9.59 Å². The van der Waals surface area contributed by atoms with Crippen LogP contribution in [0.1, 0.15) is 24.5 Å². The van der Waals surface area contributed by atoms with Crippen molar-refractivity contribution >= 4 is 38.6 Å². The fourth-order valence-electron chi connectivity index (χ4n) is 2.28. The summed E-state index contributed by atoms with van der Waals surface area (Å²) in [6.45, 7) is 0. The molecule has 1 aromatic heterocycles. The highest BCUT2D eigenvalue weighted by Gasteiger charge is 2.30. The number of halogens is 1. The van der Waals surface area contributed by atoms with Crippen LogP contribution in [0.25, 0.3) is 10.9 Å². The van der Waals surface area contributed by atoms with Crippen molar-refractivity contribution in [1.82, 2.24) is 15.3 Å². The molecule has 1 aliphatic heterocycles.